The summed E-state index contributed by atoms with van der Waals surface area (Å²) in [6.07, 6.45) is 4.82. The highest BCUT2D eigenvalue weighted by molar-refractivity contribution is 7.80. The van der Waals surface area contributed by atoms with Crippen LogP contribution < -0.4 is 5.46 Å². The Hall–Kier alpha value is -1.66. The van der Waals surface area contributed by atoms with Gasteiger partial charge in [0.1, 0.15) is 13.7 Å². The van der Waals surface area contributed by atoms with Crippen LogP contribution in [0.4, 0.5) is 4.39 Å². The van der Waals surface area contributed by atoms with Crippen LogP contribution in [-0.4, -0.2) is 13.1 Å². The SMILES string of the molecule is Bc1ccc(C#Cc2ccc(C3CCC(S)CC3)cc2)c(F)c1C. The van der Waals surface area contributed by atoms with Gasteiger partial charge in [0.05, 0.1) is 5.56 Å². The van der Waals surface area contributed by atoms with Crippen LogP contribution in [0.15, 0.2) is 36.4 Å². The van der Waals surface area contributed by atoms with Gasteiger partial charge in [-0.1, -0.05) is 35.5 Å². The Morgan fingerprint density at radius 2 is 1.67 bits per heavy atom. The summed E-state index contributed by atoms with van der Waals surface area (Å²) in [6, 6.07) is 12.1. The number of benzene rings is 2. The van der Waals surface area contributed by atoms with Crippen molar-refractivity contribution in [3.8, 4) is 11.8 Å². The van der Waals surface area contributed by atoms with E-state index in [4.69, 9.17) is 0 Å². The van der Waals surface area contributed by atoms with Crippen molar-refractivity contribution < 1.29 is 4.39 Å². The van der Waals surface area contributed by atoms with Gasteiger partial charge in [-0.15, -0.1) is 0 Å². The van der Waals surface area contributed by atoms with E-state index in [9.17, 15) is 4.39 Å². The lowest BCUT2D eigenvalue weighted by atomic mass is 9.83. The normalized spacial score (nSPS) is 20.3. The number of rotatable bonds is 1. The van der Waals surface area contributed by atoms with E-state index < -0.39 is 0 Å². The Balaban J connectivity index is 1.75. The van der Waals surface area contributed by atoms with E-state index in [0.29, 0.717) is 22.3 Å². The molecule has 0 saturated heterocycles. The van der Waals surface area contributed by atoms with E-state index in [2.05, 4.69) is 36.6 Å². The molecule has 1 fully saturated rings. The summed E-state index contributed by atoms with van der Waals surface area (Å²) in [6.45, 7) is 1.80. The summed E-state index contributed by atoms with van der Waals surface area (Å²) in [5.74, 6) is 6.49. The summed E-state index contributed by atoms with van der Waals surface area (Å²) in [7, 11) is 1.91. The zero-order chi connectivity index (χ0) is 17.1. The maximum atomic E-state index is 14.2. The highest BCUT2D eigenvalue weighted by Crippen LogP contribution is 2.34. The van der Waals surface area contributed by atoms with Crippen LogP contribution in [0.3, 0.4) is 0 Å². The largest absolute Gasteiger partial charge is 0.205 e. The molecule has 0 amide bonds. The van der Waals surface area contributed by atoms with Gasteiger partial charge in [0.25, 0.3) is 0 Å². The van der Waals surface area contributed by atoms with Crippen LogP contribution in [0.1, 0.15) is 53.9 Å². The van der Waals surface area contributed by atoms with Crippen molar-refractivity contribution in [2.75, 3.05) is 0 Å². The second-order valence-electron chi connectivity index (χ2n) is 6.75. The van der Waals surface area contributed by atoms with E-state index in [1.165, 1.54) is 31.2 Å². The molecule has 0 radical (unpaired) electrons. The van der Waals surface area contributed by atoms with Crippen LogP contribution in [0.2, 0.25) is 0 Å². The molecule has 3 rings (SSSR count). The third kappa shape index (κ3) is 3.87. The summed E-state index contributed by atoms with van der Waals surface area (Å²) in [4.78, 5) is 0. The molecule has 0 aliphatic heterocycles. The van der Waals surface area contributed by atoms with E-state index in [-0.39, 0.29) is 5.82 Å². The molecule has 3 heteroatoms. The maximum absolute atomic E-state index is 14.2. The van der Waals surface area contributed by atoms with Crippen LogP contribution >= 0.6 is 12.6 Å². The Bertz CT molecular complexity index is 778. The number of hydrogen-bond donors (Lipinski definition) is 1. The number of thiol groups is 1. The van der Waals surface area contributed by atoms with Crippen molar-refractivity contribution in [2.45, 2.75) is 43.8 Å². The first-order valence-corrected chi connectivity index (χ1v) is 9.12. The lowest BCUT2D eigenvalue weighted by Gasteiger charge is -2.25. The molecule has 0 heterocycles. The Kier molecular flexibility index (Phi) is 5.36. The minimum atomic E-state index is -0.206. The van der Waals surface area contributed by atoms with E-state index in [0.717, 1.165) is 11.0 Å². The van der Waals surface area contributed by atoms with E-state index in [1.807, 2.05) is 26.0 Å². The molecule has 0 bridgehead atoms. The fraction of sp³-hybridized carbons (Fsp3) is 0.333. The minimum Gasteiger partial charge on any atom is -0.205 e. The average Bonchev–Trinajstić information content (AvgIpc) is 2.60. The third-order valence-electron chi connectivity index (χ3n) is 5.08. The topological polar surface area (TPSA) is 0 Å². The molecule has 2 aromatic rings. The van der Waals surface area contributed by atoms with Gasteiger partial charge < -0.3 is 0 Å². The predicted octanol–water partition coefficient (Wildman–Crippen LogP) is 3.75. The molecular formula is C21H22BFS. The second-order valence-corrected chi connectivity index (χ2v) is 7.48. The second kappa shape index (κ2) is 7.49. The van der Waals surface area contributed by atoms with Gasteiger partial charge in [0, 0.05) is 10.8 Å². The maximum Gasteiger partial charge on any atom is 0.141 e. The number of hydrogen-bond acceptors (Lipinski definition) is 1. The zero-order valence-corrected chi connectivity index (χ0v) is 15.2. The van der Waals surface area contributed by atoms with Gasteiger partial charge in [0.2, 0.25) is 0 Å². The molecule has 1 aliphatic rings. The summed E-state index contributed by atoms with van der Waals surface area (Å²) < 4.78 is 14.2. The molecule has 0 aromatic heterocycles. The highest BCUT2D eigenvalue weighted by Gasteiger charge is 2.19. The van der Waals surface area contributed by atoms with Crippen molar-refractivity contribution in [1.29, 1.82) is 0 Å². The quantitative estimate of drug-likeness (QED) is 0.458. The highest BCUT2D eigenvalue weighted by atomic mass is 32.1. The van der Waals surface area contributed by atoms with Gasteiger partial charge in [-0.25, -0.2) is 4.39 Å². The van der Waals surface area contributed by atoms with Crippen molar-refractivity contribution in [3.63, 3.8) is 0 Å². The standard InChI is InChI=1S/C21H22BFS/c1-14-20(22)13-10-18(21(14)23)7-4-15-2-5-16(6-3-15)17-8-11-19(24)12-9-17/h2-3,5-6,10,13,17,19,24H,8-9,11-12,22H2,1H3. The molecule has 0 nitrogen and oxygen atoms in total. The number of halogens is 1. The molecule has 1 aliphatic carbocycles. The van der Waals surface area contributed by atoms with Crippen molar-refractivity contribution in [1.82, 2.24) is 0 Å². The van der Waals surface area contributed by atoms with E-state index >= 15 is 0 Å². The molecule has 2 aromatic carbocycles. The monoisotopic (exact) mass is 336 g/mol. The average molecular weight is 336 g/mol. The first-order valence-electron chi connectivity index (χ1n) is 8.60. The molecule has 0 spiro atoms. The third-order valence-corrected chi connectivity index (χ3v) is 5.59. The van der Waals surface area contributed by atoms with Crippen LogP contribution in [0.5, 0.6) is 0 Å². The van der Waals surface area contributed by atoms with Gasteiger partial charge in [-0.3, -0.25) is 0 Å². The first kappa shape index (κ1) is 17.2. The molecular weight excluding hydrogens is 314 g/mol. The van der Waals surface area contributed by atoms with Gasteiger partial charge >= 0.3 is 0 Å². The van der Waals surface area contributed by atoms with Gasteiger partial charge in [-0.2, -0.15) is 12.6 Å². The molecule has 122 valence electrons. The Morgan fingerprint density at radius 3 is 2.33 bits per heavy atom. The first-order chi connectivity index (χ1) is 11.5. The Morgan fingerprint density at radius 1 is 1.00 bits per heavy atom. The van der Waals surface area contributed by atoms with Gasteiger partial charge in [0.15, 0.2) is 0 Å². The minimum absolute atomic E-state index is 0.206. The molecule has 0 N–H and O–H groups in total. The molecule has 0 unspecified atom stereocenters. The van der Waals surface area contributed by atoms with E-state index in [1.54, 1.807) is 13.0 Å². The fourth-order valence-corrected chi connectivity index (χ4v) is 3.56. The summed E-state index contributed by atoms with van der Waals surface area (Å²) in [5, 5.41) is 0.569. The van der Waals surface area contributed by atoms with Crippen LogP contribution in [-0.2, 0) is 0 Å². The van der Waals surface area contributed by atoms with Crippen LogP contribution in [0, 0.1) is 24.6 Å². The van der Waals surface area contributed by atoms with Crippen molar-refractivity contribution in [2.24, 2.45) is 0 Å². The molecule has 24 heavy (non-hydrogen) atoms. The molecule has 0 atom stereocenters. The lowest BCUT2D eigenvalue weighted by Crippen LogP contribution is -2.12. The predicted molar refractivity (Wildman–Crippen MR) is 106 cm³/mol. The summed E-state index contributed by atoms with van der Waals surface area (Å²) >= 11 is 4.57. The zero-order valence-electron chi connectivity index (χ0n) is 14.3. The van der Waals surface area contributed by atoms with Crippen molar-refractivity contribution >= 4 is 25.9 Å². The fourth-order valence-electron chi connectivity index (χ4n) is 3.27. The summed E-state index contributed by atoms with van der Waals surface area (Å²) in [5.41, 5.74) is 4.42. The van der Waals surface area contributed by atoms with Crippen LogP contribution in [0.25, 0.3) is 0 Å². The molecule has 1 saturated carbocycles. The lowest BCUT2D eigenvalue weighted by molar-refractivity contribution is 0.454. The Labute approximate surface area is 150 Å². The van der Waals surface area contributed by atoms with Crippen molar-refractivity contribution in [3.05, 3.63) is 64.5 Å². The smallest absolute Gasteiger partial charge is 0.141 e. The van der Waals surface area contributed by atoms with Gasteiger partial charge in [-0.05, 0) is 67.9 Å².